The standard InChI is InChI=1S/C14H14N2O3S/c1-20-9-3-2-8-7-16(14(19)10(8)6-9)11-4-5-12(17)15-13(11)18/h2-3,6,11H,4-5,7H2,1H3,(H,15,17,18). The maximum atomic E-state index is 12.4. The Balaban J connectivity index is 1.86. The summed E-state index contributed by atoms with van der Waals surface area (Å²) in [4.78, 5) is 38.1. The van der Waals surface area contributed by atoms with Gasteiger partial charge in [-0.15, -0.1) is 11.8 Å². The van der Waals surface area contributed by atoms with Crippen molar-refractivity contribution >= 4 is 29.5 Å². The Morgan fingerprint density at radius 3 is 2.80 bits per heavy atom. The Kier molecular flexibility index (Phi) is 3.25. The highest BCUT2D eigenvalue weighted by molar-refractivity contribution is 7.98. The quantitative estimate of drug-likeness (QED) is 0.656. The van der Waals surface area contributed by atoms with Crippen LogP contribution in [0.4, 0.5) is 0 Å². The van der Waals surface area contributed by atoms with E-state index in [4.69, 9.17) is 0 Å². The van der Waals surface area contributed by atoms with Gasteiger partial charge in [0.05, 0.1) is 0 Å². The fraction of sp³-hybridized carbons (Fsp3) is 0.357. The molecule has 0 bridgehead atoms. The van der Waals surface area contributed by atoms with Gasteiger partial charge >= 0.3 is 0 Å². The zero-order valence-corrected chi connectivity index (χ0v) is 11.8. The average molecular weight is 290 g/mol. The first-order valence-corrected chi connectivity index (χ1v) is 7.64. The first-order valence-electron chi connectivity index (χ1n) is 6.41. The normalized spacial score (nSPS) is 21.9. The van der Waals surface area contributed by atoms with Crippen molar-refractivity contribution in [1.29, 1.82) is 0 Å². The van der Waals surface area contributed by atoms with Gasteiger partial charge in [-0.3, -0.25) is 19.7 Å². The van der Waals surface area contributed by atoms with Gasteiger partial charge in [0.1, 0.15) is 6.04 Å². The molecule has 3 rings (SSSR count). The van der Waals surface area contributed by atoms with Gasteiger partial charge in [-0.1, -0.05) is 6.07 Å². The zero-order valence-electron chi connectivity index (χ0n) is 11.0. The molecule has 2 heterocycles. The Bertz CT molecular complexity index is 614. The molecule has 1 unspecified atom stereocenters. The van der Waals surface area contributed by atoms with E-state index in [1.807, 2.05) is 24.5 Å². The van der Waals surface area contributed by atoms with E-state index in [0.29, 0.717) is 18.5 Å². The Labute approximate surface area is 120 Å². The molecule has 1 aromatic carbocycles. The van der Waals surface area contributed by atoms with Crippen molar-refractivity contribution in [3.8, 4) is 0 Å². The maximum Gasteiger partial charge on any atom is 0.255 e. The molecule has 0 radical (unpaired) electrons. The number of fused-ring (bicyclic) bond motifs is 1. The summed E-state index contributed by atoms with van der Waals surface area (Å²) in [5, 5.41) is 2.30. The molecule has 5 nitrogen and oxygen atoms in total. The van der Waals surface area contributed by atoms with E-state index in [0.717, 1.165) is 10.5 Å². The summed E-state index contributed by atoms with van der Waals surface area (Å²) in [5.41, 5.74) is 1.61. The molecule has 1 saturated heterocycles. The molecule has 2 aliphatic rings. The second kappa shape index (κ2) is 4.94. The largest absolute Gasteiger partial charge is 0.322 e. The molecule has 0 aromatic heterocycles. The van der Waals surface area contributed by atoms with E-state index in [2.05, 4.69) is 5.32 Å². The van der Waals surface area contributed by atoms with Crippen molar-refractivity contribution in [2.75, 3.05) is 6.26 Å². The number of thioether (sulfide) groups is 1. The van der Waals surface area contributed by atoms with Crippen molar-refractivity contribution in [1.82, 2.24) is 10.2 Å². The highest BCUT2D eigenvalue weighted by Gasteiger charge is 2.38. The number of amides is 3. The molecule has 1 N–H and O–H groups in total. The van der Waals surface area contributed by atoms with E-state index in [1.165, 1.54) is 0 Å². The van der Waals surface area contributed by atoms with Crippen LogP contribution in [0.1, 0.15) is 28.8 Å². The number of hydrogen-bond donors (Lipinski definition) is 1. The van der Waals surface area contributed by atoms with Crippen LogP contribution in [0.15, 0.2) is 23.1 Å². The molecule has 0 saturated carbocycles. The van der Waals surface area contributed by atoms with E-state index in [9.17, 15) is 14.4 Å². The summed E-state index contributed by atoms with van der Waals surface area (Å²) in [6, 6.07) is 5.24. The lowest BCUT2D eigenvalue weighted by Crippen LogP contribution is -2.52. The fourth-order valence-corrected chi connectivity index (χ4v) is 3.10. The highest BCUT2D eigenvalue weighted by Crippen LogP contribution is 2.30. The minimum atomic E-state index is -0.537. The number of carbonyl (C=O) groups excluding carboxylic acids is 3. The zero-order chi connectivity index (χ0) is 14.3. The van der Waals surface area contributed by atoms with Crippen LogP contribution in [-0.4, -0.2) is 34.9 Å². The molecule has 3 amide bonds. The number of benzene rings is 1. The van der Waals surface area contributed by atoms with Gasteiger partial charge in [-0.25, -0.2) is 0 Å². The molecular formula is C14H14N2O3S. The van der Waals surface area contributed by atoms with Crippen LogP contribution in [0.2, 0.25) is 0 Å². The number of nitrogens with one attached hydrogen (secondary N) is 1. The van der Waals surface area contributed by atoms with E-state index < -0.39 is 6.04 Å². The second-order valence-electron chi connectivity index (χ2n) is 4.92. The van der Waals surface area contributed by atoms with E-state index >= 15 is 0 Å². The van der Waals surface area contributed by atoms with Crippen LogP contribution in [0.3, 0.4) is 0 Å². The van der Waals surface area contributed by atoms with Crippen LogP contribution in [0, 0.1) is 0 Å². The molecule has 1 aromatic rings. The summed E-state index contributed by atoms with van der Waals surface area (Å²) < 4.78 is 0. The molecule has 2 aliphatic heterocycles. The third kappa shape index (κ3) is 2.10. The number of nitrogens with zero attached hydrogens (tertiary/aromatic N) is 1. The van der Waals surface area contributed by atoms with E-state index in [1.54, 1.807) is 16.7 Å². The SMILES string of the molecule is CSc1ccc2c(c1)C(=O)N(C1CCC(=O)NC1=O)C2. The number of hydrogen-bond acceptors (Lipinski definition) is 4. The minimum absolute atomic E-state index is 0.120. The van der Waals surface area contributed by atoms with Gasteiger partial charge < -0.3 is 4.90 Å². The Hall–Kier alpha value is -1.82. The lowest BCUT2D eigenvalue weighted by molar-refractivity contribution is -0.136. The number of imide groups is 1. The Morgan fingerprint density at radius 2 is 2.10 bits per heavy atom. The number of piperidine rings is 1. The molecular weight excluding hydrogens is 276 g/mol. The second-order valence-corrected chi connectivity index (χ2v) is 5.80. The molecule has 104 valence electrons. The predicted octanol–water partition coefficient (Wildman–Crippen LogP) is 1.17. The summed E-state index contributed by atoms with van der Waals surface area (Å²) in [6.07, 6.45) is 2.64. The third-order valence-electron chi connectivity index (χ3n) is 3.74. The van der Waals surface area contributed by atoms with Crippen LogP contribution in [0.25, 0.3) is 0 Å². The predicted molar refractivity (Wildman–Crippen MR) is 74.3 cm³/mol. The molecule has 20 heavy (non-hydrogen) atoms. The molecule has 1 fully saturated rings. The fourth-order valence-electron chi connectivity index (χ4n) is 2.66. The summed E-state index contributed by atoms with van der Waals surface area (Å²) in [7, 11) is 0. The van der Waals surface area contributed by atoms with Crippen molar-refractivity contribution in [2.45, 2.75) is 30.3 Å². The van der Waals surface area contributed by atoms with Gasteiger partial charge in [-0.2, -0.15) is 0 Å². The van der Waals surface area contributed by atoms with Crippen LogP contribution < -0.4 is 5.32 Å². The Morgan fingerprint density at radius 1 is 1.30 bits per heavy atom. The van der Waals surface area contributed by atoms with Crippen molar-refractivity contribution in [3.05, 3.63) is 29.3 Å². The topological polar surface area (TPSA) is 66.5 Å². The molecule has 0 spiro atoms. The van der Waals surface area contributed by atoms with Gasteiger partial charge in [-0.05, 0) is 30.4 Å². The van der Waals surface area contributed by atoms with Gasteiger partial charge in [0.25, 0.3) is 5.91 Å². The molecule has 0 aliphatic carbocycles. The van der Waals surface area contributed by atoms with Gasteiger partial charge in [0, 0.05) is 23.4 Å². The van der Waals surface area contributed by atoms with Crippen molar-refractivity contribution in [3.63, 3.8) is 0 Å². The average Bonchev–Trinajstić information content (AvgIpc) is 2.76. The first-order chi connectivity index (χ1) is 9.60. The van der Waals surface area contributed by atoms with E-state index in [-0.39, 0.29) is 24.1 Å². The smallest absolute Gasteiger partial charge is 0.255 e. The van der Waals surface area contributed by atoms with Crippen LogP contribution in [0.5, 0.6) is 0 Å². The monoisotopic (exact) mass is 290 g/mol. The molecule has 1 atom stereocenters. The van der Waals surface area contributed by atoms with Crippen molar-refractivity contribution < 1.29 is 14.4 Å². The molecule has 6 heteroatoms. The summed E-state index contributed by atoms with van der Waals surface area (Å²) >= 11 is 1.58. The van der Waals surface area contributed by atoms with Gasteiger partial charge in [0.15, 0.2) is 0 Å². The highest BCUT2D eigenvalue weighted by atomic mass is 32.2. The first kappa shape index (κ1) is 13.2. The summed E-state index contributed by atoms with van der Waals surface area (Å²) in [6.45, 7) is 0.440. The number of rotatable bonds is 2. The summed E-state index contributed by atoms with van der Waals surface area (Å²) in [5.74, 6) is -0.752. The minimum Gasteiger partial charge on any atom is -0.322 e. The third-order valence-corrected chi connectivity index (χ3v) is 4.46. The lowest BCUT2D eigenvalue weighted by atomic mass is 10.0. The van der Waals surface area contributed by atoms with Crippen molar-refractivity contribution in [2.24, 2.45) is 0 Å². The van der Waals surface area contributed by atoms with Gasteiger partial charge in [0.2, 0.25) is 11.8 Å². The maximum absolute atomic E-state index is 12.4. The number of carbonyl (C=O) groups is 3. The lowest BCUT2D eigenvalue weighted by Gasteiger charge is -2.29. The van der Waals surface area contributed by atoms with Crippen LogP contribution in [-0.2, 0) is 16.1 Å². The van der Waals surface area contributed by atoms with Crippen LogP contribution >= 0.6 is 11.8 Å².